The van der Waals surface area contributed by atoms with Crippen LogP contribution in [-0.4, -0.2) is 26.4 Å². The van der Waals surface area contributed by atoms with Gasteiger partial charge in [-0.3, -0.25) is 0 Å². The molecule has 0 saturated carbocycles. The van der Waals surface area contributed by atoms with Crippen LogP contribution in [0.15, 0.2) is 77.9 Å². The molecule has 0 fully saturated rings. The van der Waals surface area contributed by atoms with Gasteiger partial charge in [0, 0.05) is 10.9 Å². The number of benzene rings is 3. The van der Waals surface area contributed by atoms with E-state index in [1.807, 2.05) is 73.7 Å². The molecule has 7 nitrogen and oxygen atoms in total. The molecule has 2 aromatic heterocycles. The number of nitrogens with zero attached hydrogens (tertiary/aromatic N) is 4. The first-order chi connectivity index (χ1) is 15.2. The second kappa shape index (κ2) is 8.23. The number of aromatic nitrogens is 4. The number of hydrogen-bond donors (Lipinski definition) is 2. The van der Waals surface area contributed by atoms with Gasteiger partial charge in [0.2, 0.25) is 0 Å². The molecular formula is C24H20N6O. The molecule has 152 valence electrons. The summed E-state index contributed by atoms with van der Waals surface area (Å²) in [7, 11) is 0. The van der Waals surface area contributed by atoms with Crippen LogP contribution in [-0.2, 0) is 6.61 Å². The Hall–Kier alpha value is -4.26. The van der Waals surface area contributed by atoms with Crippen LogP contribution in [0, 0.1) is 6.92 Å². The SMILES string of the molecule is Cc1ccc2[nH]c3nc(N/N=C\c4ccc(OCc5ccccc5)cc4)nnc3c2c1. The standard InChI is InChI=1S/C24H20N6O/c1-16-7-12-21-20(13-16)22-23(26-21)27-24(30-28-22)29-25-14-17-8-10-19(11-9-17)31-15-18-5-3-2-4-6-18/h2-14H,15H2,1H3,(H2,26,27,29,30)/b25-14-. The number of hydrazone groups is 1. The van der Waals surface area contributed by atoms with Gasteiger partial charge in [-0.1, -0.05) is 42.0 Å². The van der Waals surface area contributed by atoms with E-state index in [1.165, 1.54) is 5.56 Å². The van der Waals surface area contributed by atoms with E-state index in [9.17, 15) is 0 Å². The summed E-state index contributed by atoms with van der Waals surface area (Å²) in [6.07, 6.45) is 1.70. The second-order valence-electron chi connectivity index (χ2n) is 7.22. The van der Waals surface area contributed by atoms with Gasteiger partial charge >= 0.3 is 0 Å². The molecule has 0 radical (unpaired) electrons. The van der Waals surface area contributed by atoms with Gasteiger partial charge in [-0.25, -0.2) is 5.43 Å². The van der Waals surface area contributed by atoms with Crippen molar-refractivity contribution in [3.8, 4) is 5.75 Å². The first-order valence-electron chi connectivity index (χ1n) is 9.93. The third kappa shape index (κ3) is 4.20. The van der Waals surface area contributed by atoms with E-state index in [1.54, 1.807) is 6.21 Å². The molecule has 0 bridgehead atoms. The quantitative estimate of drug-likeness (QED) is 0.310. The predicted octanol–water partition coefficient (Wildman–Crippen LogP) is 4.84. The third-order valence-corrected chi connectivity index (χ3v) is 4.88. The van der Waals surface area contributed by atoms with Crippen molar-refractivity contribution in [3.63, 3.8) is 0 Å². The van der Waals surface area contributed by atoms with Crippen LogP contribution in [0.4, 0.5) is 5.95 Å². The van der Waals surface area contributed by atoms with Gasteiger partial charge in [-0.05, 0) is 54.4 Å². The monoisotopic (exact) mass is 408 g/mol. The van der Waals surface area contributed by atoms with Crippen molar-refractivity contribution in [1.82, 2.24) is 20.2 Å². The minimum absolute atomic E-state index is 0.329. The highest BCUT2D eigenvalue weighted by atomic mass is 16.5. The fourth-order valence-corrected chi connectivity index (χ4v) is 3.29. The highest BCUT2D eigenvalue weighted by molar-refractivity contribution is 6.03. The van der Waals surface area contributed by atoms with E-state index in [0.29, 0.717) is 18.2 Å². The molecule has 31 heavy (non-hydrogen) atoms. The zero-order chi connectivity index (χ0) is 21.0. The molecular weight excluding hydrogens is 388 g/mol. The van der Waals surface area contributed by atoms with E-state index in [2.05, 4.69) is 36.8 Å². The van der Waals surface area contributed by atoms with Crippen molar-refractivity contribution in [2.45, 2.75) is 13.5 Å². The Morgan fingerprint density at radius 2 is 1.84 bits per heavy atom. The van der Waals surface area contributed by atoms with Crippen LogP contribution < -0.4 is 10.2 Å². The highest BCUT2D eigenvalue weighted by Crippen LogP contribution is 2.23. The van der Waals surface area contributed by atoms with Gasteiger partial charge < -0.3 is 9.72 Å². The van der Waals surface area contributed by atoms with Crippen molar-refractivity contribution in [2.75, 3.05) is 5.43 Å². The maximum Gasteiger partial charge on any atom is 0.265 e. The summed E-state index contributed by atoms with van der Waals surface area (Å²) >= 11 is 0. The van der Waals surface area contributed by atoms with Gasteiger partial charge in [0.15, 0.2) is 5.65 Å². The van der Waals surface area contributed by atoms with Crippen LogP contribution in [0.1, 0.15) is 16.7 Å². The minimum atomic E-state index is 0.329. The first-order valence-corrected chi connectivity index (χ1v) is 9.93. The van der Waals surface area contributed by atoms with Gasteiger partial charge in [0.05, 0.1) is 6.21 Å². The highest BCUT2D eigenvalue weighted by Gasteiger charge is 2.08. The second-order valence-corrected chi connectivity index (χ2v) is 7.22. The Labute approximate surface area is 178 Å². The molecule has 5 rings (SSSR count). The third-order valence-electron chi connectivity index (χ3n) is 4.88. The molecule has 5 aromatic rings. The number of rotatable bonds is 6. The number of fused-ring (bicyclic) bond motifs is 3. The van der Waals surface area contributed by atoms with Gasteiger partial charge in [0.1, 0.15) is 17.9 Å². The predicted molar refractivity (Wildman–Crippen MR) is 122 cm³/mol. The van der Waals surface area contributed by atoms with E-state index in [-0.39, 0.29) is 0 Å². The Morgan fingerprint density at radius 3 is 2.68 bits per heavy atom. The minimum Gasteiger partial charge on any atom is -0.489 e. The summed E-state index contributed by atoms with van der Waals surface area (Å²) in [4.78, 5) is 7.73. The number of hydrogen-bond acceptors (Lipinski definition) is 6. The average Bonchev–Trinajstić information content (AvgIpc) is 3.16. The van der Waals surface area contributed by atoms with Crippen LogP contribution in [0.5, 0.6) is 5.75 Å². The maximum absolute atomic E-state index is 5.80. The van der Waals surface area contributed by atoms with Crippen molar-refractivity contribution < 1.29 is 4.74 Å². The number of aryl methyl sites for hydroxylation is 1. The van der Waals surface area contributed by atoms with Crippen LogP contribution in [0.2, 0.25) is 0 Å². The first kappa shape index (κ1) is 18.7. The lowest BCUT2D eigenvalue weighted by atomic mass is 10.2. The fourth-order valence-electron chi connectivity index (χ4n) is 3.29. The molecule has 0 unspecified atom stereocenters. The lowest BCUT2D eigenvalue weighted by molar-refractivity contribution is 0.306. The largest absolute Gasteiger partial charge is 0.489 e. The lowest BCUT2D eigenvalue weighted by Gasteiger charge is -2.06. The topological polar surface area (TPSA) is 88.1 Å². The zero-order valence-electron chi connectivity index (χ0n) is 16.9. The zero-order valence-corrected chi connectivity index (χ0v) is 16.9. The number of ether oxygens (including phenoxy) is 1. The van der Waals surface area contributed by atoms with Gasteiger partial charge in [0.25, 0.3) is 5.95 Å². The van der Waals surface area contributed by atoms with Crippen molar-refractivity contribution in [3.05, 3.63) is 89.5 Å². The molecule has 2 N–H and O–H groups in total. The molecule has 2 heterocycles. The molecule has 0 atom stereocenters. The molecule has 0 spiro atoms. The number of anilines is 1. The molecule has 7 heteroatoms. The Bertz CT molecular complexity index is 1360. The van der Waals surface area contributed by atoms with Crippen LogP contribution in [0.3, 0.4) is 0 Å². The van der Waals surface area contributed by atoms with Crippen molar-refractivity contribution in [2.24, 2.45) is 5.10 Å². The Morgan fingerprint density at radius 1 is 1.00 bits per heavy atom. The van der Waals surface area contributed by atoms with Crippen LogP contribution >= 0.6 is 0 Å². The van der Waals surface area contributed by atoms with Crippen molar-refractivity contribution >= 4 is 34.2 Å². The smallest absolute Gasteiger partial charge is 0.265 e. The summed E-state index contributed by atoms with van der Waals surface area (Å²) in [6, 6.07) is 23.9. The normalized spacial score (nSPS) is 11.4. The molecule has 0 aliphatic heterocycles. The van der Waals surface area contributed by atoms with E-state index >= 15 is 0 Å². The number of nitrogens with one attached hydrogen (secondary N) is 2. The summed E-state index contributed by atoms with van der Waals surface area (Å²) in [5.74, 6) is 1.14. The van der Waals surface area contributed by atoms with E-state index < -0.39 is 0 Å². The average molecular weight is 408 g/mol. The molecule has 0 aliphatic carbocycles. The summed E-state index contributed by atoms with van der Waals surface area (Å²) < 4.78 is 5.80. The van der Waals surface area contributed by atoms with Crippen LogP contribution in [0.25, 0.3) is 22.1 Å². The lowest BCUT2D eigenvalue weighted by Crippen LogP contribution is -1.99. The van der Waals surface area contributed by atoms with Crippen molar-refractivity contribution in [1.29, 1.82) is 0 Å². The maximum atomic E-state index is 5.80. The number of H-pyrrole nitrogens is 1. The Kier molecular flexibility index (Phi) is 4.98. The molecule has 3 aromatic carbocycles. The summed E-state index contributed by atoms with van der Waals surface area (Å²) in [6.45, 7) is 2.59. The number of aromatic amines is 1. The fraction of sp³-hybridized carbons (Fsp3) is 0.0833. The summed E-state index contributed by atoms with van der Waals surface area (Å²) in [5, 5.41) is 13.7. The van der Waals surface area contributed by atoms with Gasteiger partial charge in [-0.2, -0.15) is 10.1 Å². The molecule has 0 amide bonds. The molecule has 0 aliphatic rings. The summed E-state index contributed by atoms with van der Waals surface area (Å²) in [5.41, 5.74) is 8.47. The van der Waals surface area contributed by atoms with E-state index in [4.69, 9.17) is 4.74 Å². The Balaban J connectivity index is 1.23. The van der Waals surface area contributed by atoms with E-state index in [0.717, 1.165) is 33.3 Å². The van der Waals surface area contributed by atoms with Gasteiger partial charge in [-0.15, -0.1) is 10.2 Å². The molecule has 0 saturated heterocycles.